The van der Waals surface area contributed by atoms with Gasteiger partial charge in [0, 0.05) is 28.6 Å². The predicted octanol–water partition coefficient (Wildman–Crippen LogP) is 3.61. The molecule has 0 saturated heterocycles. The van der Waals surface area contributed by atoms with E-state index in [1.165, 1.54) is 5.01 Å². The van der Waals surface area contributed by atoms with Gasteiger partial charge in [-0.2, -0.15) is 10.1 Å². The van der Waals surface area contributed by atoms with Crippen LogP contribution in [0.1, 0.15) is 42.0 Å². The molecule has 0 radical (unpaired) electrons. The summed E-state index contributed by atoms with van der Waals surface area (Å²) in [6, 6.07) is 9.65. The van der Waals surface area contributed by atoms with Crippen LogP contribution in [-0.4, -0.2) is 29.6 Å². The van der Waals surface area contributed by atoms with Crippen LogP contribution in [0.25, 0.3) is 6.08 Å². The minimum atomic E-state index is -0.223. The van der Waals surface area contributed by atoms with Gasteiger partial charge in [0.25, 0.3) is 0 Å². The average molecular weight is 390 g/mol. The summed E-state index contributed by atoms with van der Waals surface area (Å²) >= 11 is 0. The molecule has 0 spiro atoms. The smallest absolute Gasteiger partial charge is 0.342 e. The normalized spacial score (nSPS) is 17.2. The molecule has 5 rings (SSSR count). The fourth-order valence-electron chi connectivity index (χ4n) is 3.51. The van der Waals surface area contributed by atoms with E-state index < -0.39 is 0 Å². The van der Waals surface area contributed by atoms with Crippen molar-refractivity contribution in [1.29, 1.82) is 0 Å². The van der Waals surface area contributed by atoms with E-state index in [4.69, 9.17) is 20.3 Å². The van der Waals surface area contributed by atoms with Crippen LogP contribution in [-0.2, 0) is 0 Å². The van der Waals surface area contributed by atoms with Gasteiger partial charge in [-0.15, -0.1) is 0 Å². The predicted molar refractivity (Wildman–Crippen MR) is 111 cm³/mol. The van der Waals surface area contributed by atoms with E-state index in [-0.39, 0.29) is 18.9 Å². The number of nitrogens with one attached hydrogen (secondary N) is 1. The molecule has 2 heterocycles. The van der Waals surface area contributed by atoms with Gasteiger partial charge in [-0.05, 0) is 68.2 Å². The highest BCUT2D eigenvalue weighted by molar-refractivity contribution is 6.16. The Kier molecular flexibility index (Phi) is 3.97. The van der Waals surface area contributed by atoms with Crippen LogP contribution in [0.3, 0.4) is 0 Å². The number of carbonyl (C=O) groups excluding carboxylic acids is 1. The number of rotatable bonds is 2. The first-order valence-electron chi connectivity index (χ1n) is 9.67. The summed E-state index contributed by atoms with van der Waals surface area (Å²) in [4.78, 5) is 12.9. The third kappa shape index (κ3) is 3.18. The van der Waals surface area contributed by atoms with Crippen molar-refractivity contribution in [3.05, 3.63) is 58.3 Å². The second-order valence-corrected chi connectivity index (χ2v) is 7.63. The van der Waals surface area contributed by atoms with Crippen molar-refractivity contribution in [3.63, 3.8) is 0 Å². The zero-order valence-corrected chi connectivity index (χ0v) is 16.4. The van der Waals surface area contributed by atoms with Gasteiger partial charge >= 0.3 is 6.03 Å². The van der Waals surface area contributed by atoms with Crippen LogP contribution in [0, 0.1) is 6.92 Å². The second-order valence-electron chi connectivity index (χ2n) is 7.63. The summed E-state index contributed by atoms with van der Waals surface area (Å²) in [5, 5.41) is 9.23. The van der Waals surface area contributed by atoms with Crippen LogP contribution in [0.5, 0.6) is 11.5 Å². The standard InChI is InChI=1S/C22H22N4O3/c1-12-7-14(3-6-18(12)23)21-17-10-20-19(28-11-29-20)9-15(17)8-13(2)26(25-21)22(27)24-16-4-5-16/h3,6-10,16H,4-5,11,23H2,1-2H3,(H,24,27). The first-order chi connectivity index (χ1) is 14.0. The van der Waals surface area contributed by atoms with Crippen LogP contribution >= 0.6 is 0 Å². The molecule has 1 aliphatic carbocycles. The second kappa shape index (κ2) is 6.55. The Labute approximate surface area is 168 Å². The van der Waals surface area contributed by atoms with Gasteiger partial charge in [-0.1, -0.05) is 6.07 Å². The SMILES string of the molecule is CC1=Cc2cc3c(cc2C(c2ccc(N)c(C)c2)=NN1C(=O)NC1CC1)OCO3. The van der Waals surface area contributed by atoms with E-state index in [0.29, 0.717) is 22.9 Å². The van der Waals surface area contributed by atoms with Crippen molar-refractivity contribution in [1.82, 2.24) is 10.3 Å². The summed E-state index contributed by atoms with van der Waals surface area (Å²) in [7, 11) is 0. The average Bonchev–Trinajstić information content (AvgIpc) is 3.41. The number of anilines is 1. The number of benzene rings is 2. The van der Waals surface area contributed by atoms with Crippen LogP contribution in [0.4, 0.5) is 10.5 Å². The lowest BCUT2D eigenvalue weighted by molar-refractivity contribution is 0.174. The van der Waals surface area contributed by atoms with Crippen molar-refractivity contribution in [2.24, 2.45) is 5.10 Å². The topological polar surface area (TPSA) is 89.2 Å². The highest BCUT2D eigenvalue weighted by atomic mass is 16.7. The highest BCUT2D eigenvalue weighted by Crippen LogP contribution is 2.38. The number of nitrogens with zero attached hydrogens (tertiary/aromatic N) is 2. The lowest BCUT2D eigenvalue weighted by Crippen LogP contribution is -2.37. The third-order valence-corrected chi connectivity index (χ3v) is 5.34. The molecule has 3 N–H and O–H groups in total. The van der Waals surface area contributed by atoms with Gasteiger partial charge in [-0.3, -0.25) is 0 Å². The maximum absolute atomic E-state index is 12.9. The maximum atomic E-state index is 12.9. The summed E-state index contributed by atoms with van der Waals surface area (Å²) in [6.07, 6.45) is 3.97. The number of hydrazone groups is 1. The van der Waals surface area contributed by atoms with E-state index in [1.54, 1.807) is 0 Å². The number of hydrogen-bond acceptors (Lipinski definition) is 5. The van der Waals surface area contributed by atoms with E-state index in [9.17, 15) is 4.79 Å². The zero-order valence-electron chi connectivity index (χ0n) is 16.4. The highest BCUT2D eigenvalue weighted by Gasteiger charge is 2.29. The number of hydrogen-bond donors (Lipinski definition) is 2. The number of nitrogens with two attached hydrogens (primary N) is 1. The van der Waals surface area contributed by atoms with Crippen molar-refractivity contribution in [2.45, 2.75) is 32.7 Å². The van der Waals surface area contributed by atoms with Crippen molar-refractivity contribution in [2.75, 3.05) is 12.5 Å². The Bertz CT molecular complexity index is 1090. The molecule has 0 bridgehead atoms. The van der Waals surface area contributed by atoms with E-state index in [2.05, 4.69) is 5.32 Å². The molecule has 2 aliphatic heterocycles. The Morgan fingerprint density at radius 1 is 1.17 bits per heavy atom. The largest absolute Gasteiger partial charge is 0.454 e. The minimum Gasteiger partial charge on any atom is -0.454 e. The lowest BCUT2D eigenvalue weighted by Gasteiger charge is -2.19. The van der Waals surface area contributed by atoms with Crippen molar-refractivity contribution < 1.29 is 14.3 Å². The molecule has 0 atom stereocenters. The Hall–Kier alpha value is -3.48. The molecular formula is C22H22N4O3. The lowest BCUT2D eigenvalue weighted by atomic mass is 9.95. The summed E-state index contributed by atoms with van der Waals surface area (Å²) in [5.41, 5.74) is 11.8. The number of aryl methyl sites for hydroxylation is 1. The van der Waals surface area contributed by atoms with E-state index in [1.807, 2.05) is 50.3 Å². The molecule has 0 aromatic heterocycles. The molecular weight excluding hydrogens is 368 g/mol. The first-order valence-corrected chi connectivity index (χ1v) is 9.67. The Balaban J connectivity index is 1.67. The monoisotopic (exact) mass is 390 g/mol. The zero-order chi connectivity index (χ0) is 20.1. The Morgan fingerprint density at radius 3 is 2.66 bits per heavy atom. The van der Waals surface area contributed by atoms with Gasteiger partial charge < -0.3 is 20.5 Å². The number of carbonyl (C=O) groups is 1. The molecule has 2 aromatic rings. The van der Waals surface area contributed by atoms with E-state index >= 15 is 0 Å². The number of fused-ring (bicyclic) bond motifs is 2. The van der Waals surface area contributed by atoms with E-state index in [0.717, 1.165) is 40.8 Å². The molecule has 0 unspecified atom stereocenters. The molecule has 148 valence electrons. The van der Waals surface area contributed by atoms with Crippen LogP contribution in [0.15, 0.2) is 41.1 Å². The first kappa shape index (κ1) is 17.6. The molecule has 29 heavy (non-hydrogen) atoms. The Morgan fingerprint density at radius 2 is 1.93 bits per heavy atom. The molecule has 2 amide bonds. The maximum Gasteiger partial charge on any atom is 0.342 e. The molecule has 1 saturated carbocycles. The number of ether oxygens (including phenoxy) is 2. The molecule has 7 nitrogen and oxygen atoms in total. The van der Waals surface area contributed by atoms with Gasteiger partial charge in [0.05, 0.1) is 5.71 Å². The summed E-state index contributed by atoms with van der Waals surface area (Å²) in [6.45, 7) is 4.03. The third-order valence-electron chi connectivity index (χ3n) is 5.34. The van der Waals surface area contributed by atoms with Crippen molar-refractivity contribution in [3.8, 4) is 11.5 Å². The number of nitrogen functional groups attached to an aromatic ring is 1. The molecule has 3 aliphatic rings. The van der Waals surface area contributed by atoms with Crippen LogP contribution in [0.2, 0.25) is 0 Å². The number of amides is 2. The summed E-state index contributed by atoms with van der Waals surface area (Å²) < 4.78 is 11.1. The molecule has 1 fully saturated rings. The van der Waals surface area contributed by atoms with Crippen LogP contribution < -0.4 is 20.5 Å². The summed E-state index contributed by atoms with van der Waals surface area (Å²) in [5.74, 6) is 1.36. The fourth-order valence-corrected chi connectivity index (χ4v) is 3.51. The quantitative estimate of drug-likeness (QED) is 0.767. The van der Waals surface area contributed by atoms with Crippen molar-refractivity contribution >= 4 is 23.5 Å². The molecule has 7 heteroatoms. The number of allylic oxidation sites excluding steroid dienone is 1. The number of urea groups is 1. The fraction of sp³-hybridized carbons (Fsp3) is 0.273. The van der Waals surface area contributed by atoms with Gasteiger partial charge in [0.2, 0.25) is 6.79 Å². The van der Waals surface area contributed by atoms with Gasteiger partial charge in [-0.25, -0.2) is 4.79 Å². The minimum absolute atomic E-state index is 0.199. The van der Waals surface area contributed by atoms with Gasteiger partial charge in [0.15, 0.2) is 11.5 Å². The molecule has 2 aromatic carbocycles. The van der Waals surface area contributed by atoms with Gasteiger partial charge in [0.1, 0.15) is 0 Å².